The van der Waals surface area contributed by atoms with Crippen LogP contribution in [0.3, 0.4) is 0 Å². The van der Waals surface area contributed by atoms with E-state index in [4.69, 9.17) is 15.0 Å². The summed E-state index contributed by atoms with van der Waals surface area (Å²) in [5, 5.41) is 2.39. The molecule has 0 aliphatic heterocycles. The number of aromatic nitrogens is 4. The van der Waals surface area contributed by atoms with Crippen molar-refractivity contribution in [2.75, 3.05) is 0 Å². The molecule has 0 saturated heterocycles. The van der Waals surface area contributed by atoms with Crippen LogP contribution in [0.1, 0.15) is 11.1 Å². The van der Waals surface area contributed by atoms with Gasteiger partial charge in [0.05, 0.1) is 16.7 Å². The van der Waals surface area contributed by atoms with Crippen molar-refractivity contribution in [3.63, 3.8) is 0 Å². The monoisotopic (exact) mass is 654 g/mol. The third kappa shape index (κ3) is 5.67. The van der Waals surface area contributed by atoms with Gasteiger partial charge in [-0.05, 0) is 72.5 Å². The van der Waals surface area contributed by atoms with E-state index >= 15 is 0 Å². The van der Waals surface area contributed by atoms with Gasteiger partial charge in [-0.2, -0.15) is 0 Å². The van der Waals surface area contributed by atoms with Crippen molar-refractivity contribution in [2.45, 2.75) is 13.8 Å². The van der Waals surface area contributed by atoms with Crippen LogP contribution in [-0.2, 0) is 0 Å². The Morgan fingerprint density at radius 2 is 0.784 bits per heavy atom. The second kappa shape index (κ2) is 12.7. The van der Waals surface area contributed by atoms with E-state index in [0.29, 0.717) is 17.5 Å². The van der Waals surface area contributed by atoms with Crippen LogP contribution in [0.25, 0.3) is 83.9 Å². The minimum absolute atomic E-state index is 0.626. The van der Waals surface area contributed by atoms with E-state index in [9.17, 15) is 0 Å². The summed E-state index contributed by atoms with van der Waals surface area (Å²) in [4.78, 5) is 15.2. The number of para-hydroxylation sites is 1. The maximum atomic E-state index is 5.12. The van der Waals surface area contributed by atoms with Crippen LogP contribution in [0.5, 0.6) is 0 Å². The first-order valence-electron chi connectivity index (χ1n) is 17.3. The van der Waals surface area contributed by atoms with E-state index in [-0.39, 0.29) is 0 Å². The Kier molecular flexibility index (Phi) is 7.55. The molecule has 9 aromatic rings. The fourth-order valence-corrected chi connectivity index (χ4v) is 7.08. The molecule has 2 heterocycles. The summed E-state index contributed by atoms with van der Waals surface area (Å²) in [6.45, 7) is 4.29. The molecule has 51 heavy (non-hydrogen) atoms. The van der Waals surface area contributed by atoms with Crippen LogP contribution in [-0.4, -0.2) is 19.5 Å². The van der Waals surface area contributed by atoms with Crippen molar-refractivity contribution in [3.05, 3.63) is 181 Å². The van der Waals surface area contributed by atoms with Gasteiger partial charge in [0.15, 0.2) is 17.5 Å². The Bertz CT molecular complexity index is 2550. The third-order valence-corrected chi connectivity index (χ3v) is 9.55. The molecule has 2 aromatic heterocycles. The average molecular weight is 655 g/mol. The number of hydrogen-bond donors (Lipinski definition) is 0. The molecule has 0 amide bonds. The summed E-state index contributed by atoms with van der Waals surface area (Å²) in [6.07, 6.45) is 0. The Labute approximate surface area is 297 Å². The van der Waals surface area contributed by atoms with E-state index in [1.54, 1.807) is 0 Å². The number of fused-ring (bicyclic) bond motifs is 3. The Hall–Kier alpha value is -6.65. The molecule has 4 nitrogen and oxygen atoms in total. The highest BCUT2D eigenvalue weighted by atomic mass is 15.1. The van der Waals surface area contributed by atoms with Crippen LogP contribution in [0.2, 0.25) is 0 Å². The SMILES string of the molecule is Cc1cccc(-c2ccc3c(c2)c2cc(-c4cccc(C)c4)ccc2n3-c2ccccc2-c2nc(-c3ccccc3)nc(-c3ccccc3)n2)c1. The third-order valence-electron chi connectivity index (χ3n) is 9.55. The van der Waals surface area contributed by atoms with Gasteiger partial charge in [0.25, 0.3) is 0 Å². The highest BCUT2D eigenvalue weighted by molar-refractivity contribution is 6.12. The topological polar surface area (TPSA) is 43.6 Å². The lowest BCUT2D eigenvalue weighted by molar-refractivity contribution is 1.06. The van der Waals surface area contributed by atoms with Crippen molar-refractivity contribution in [1.82, 2.24) is 19.5 Å². The quantitative estimate of drug-likeness (QED) is 0.179. The van der Waals surface area contributed by atoms with Gasteiger partial charge >= 0.3 is 0 Å². The molecule has 0 aliphatic carbocycles. The maximum absolute atomic E-state index is 5.12. The van der Waals surface area contributed by atoms with E-state index in [1.165, 1.54) is 44.2 Å². The molecule has 0 bridgehead atoms. The van der Waals surface area contributed by atoms with Crippen molar-refractivity contribution in [1.29, 1.82) is 0 Å². The van der Waals surface area contributed by atoms with Gasteiger partial charge in [-0.25, -0.2) is 15.0 Å². The van der Waals surface area contributed by atoms with Gasteiger partial charge in [-0.3, -0.25) is 0 Å². The van der Waals surface area contributed by atoms with E-state index in [2.05, 4.69) is 128 Å². The highest BCUT2D eigenvalue weighted by Crippen LogP contribution is 2.39. The molecule has 0 fully saturated rings. The summed E-state index contributed by atoms with van der Waals surface area (Å²) in [7, 11) is 0. The second-order valence-electron chi connectivity index (χ2n) is 13.1. The molecule has 4 heteroatoms. The van der Waals surface area contributed by atoms with Crippen molar-refractivity contribution < 1.29 is 0 Å². The van der Waals surface area contributed by atoms with E-state index in [0.717, 1.165) is 33.4 Å². The predicted octanol–water partition coefficient (Wildman–Crippen LogP) is 11.9. The van der Waals surface area contributed by atoms with Crippen LogP contribution in [0.4, 0.5) is 0 Å². The number of rotatable bonds is 6. The molecular weight excluding hydrogens is 621 g/mol. The summed E-state index contributed by atoms with van der Waals surface area (Å²) < 4.78 is 2.37. The first kappa shape index (κ1) is 30.4. The molecule has 0 saturated carbocycles. The zero-order chi connectivity index (χ0) is 34.3. The van der Waals surface area contributed by atoms with Crippen molar-refractivity contribution in [3.8, 4) is 62.1 Å². The van der Waals surface area contributed by atoms with Gasteiger partial charge < -0.3 is 4.57 Å². The van der Waals surface area contributed by atoms with Crippen LogP contribution >= 0.6 is 0 Å². The first-order valence-corrected chi connectivity index (χ1v) is 17.3. The fraction of sp³-hybridized carbons (Fsp3) is 0.0426. The number of nitrogens with zero attached hydrogens (tertiary/aromatic N) is 4. The second-order valence-corrected chi connectivity index (χ2v) is 13.1. The average Bonchev–Trinajstić information content (AvgIpc) is 3.51. The fourth-order valence-electron chi connectivity index (χ4n) is 7.08. The maximum Gasteiger partial charge on any atom is 0.166 e. The number of aryl methyl sites for hydroxylation is 2. The van der Waals surface area contributed by atoms with Gasteiger partial charge in [-0.15, -0.1) is 0 Å². The Balaban J connectivity index is 1.30. The van der Waals surface area contributed by atoms with Crippen LogP contribution in [0, 0.1) is 13.8 Å². The molecule has 0 spiro atoms. The van der Waals surface area contributed by atoms with Gasteiger partial charge in [0.1, 0.15) is 0 Å². The molecule has 0 atom stereocenters. The Morgan fingerprint density at radius 3 is 1.29 bits per heavy atom. The van der Waals surface area contributed by atoms with Crippen LogP contribution in [0.15, 0.2) is 170 Å². The normalized spacial score (nSPS) is 11.3. The number of hydrogen-bond acceptors (Lipinski definition) is 3. The van der Waals surface area contributed by atoms with E-state index < -0.39 is 0 Å². The highest BCUT2D eigenvalue weighted by Gasteiger charge is 2.20. The molecule has 242 valence electrons. The minimum Gasteiger partial charge on any atom is -0.309 e. The lowest BCUT2D eigenvalue weighted by Gasteiger charge is -2.15. The lowest BCUT2D eigenvalue weighted by atomic mass is 9.99. The molecule has 0 radical (unpaired) electrons. The van der Waals surface area contributed by atoms with E-state index in [1.807, 2.05) is 60.7 Å². The summed E-state index contributed by atoms with van der Waals surface area (Å²) in [5.74, 6) is 1.91. The summed E-state index contributed by atoms with van der Waals surface area (Å²) >= 11 is 0. The van der Waals surface area contributed by atoms with Crippen molar-refractivity contribution in [2.24, 2.45) is 0 Å². The standard InChI is InChI=1S/C47H34N4/c1-31-13-11-19-35(27-31)37-23-25-43-40(29-37)41-30-38(36-20-12-14-32(2)28-36)24-26-44(41)51(43)42-22-10-9-21-39(42)47-49-45(33-15-5-3-6-16-33)48-46(50-47)34-17-7-4-8-18-34/h3-30H,1-2H3. The molecule has 0 unspecified atom stereocenters. The summed E-state index contributed by atoms with van der Waals surface area (Å²) in [5.41, 5.74) is 13.4. The summed E-state index contributed by atoms with van der Waals surface area (Å²) in [6, 6.07) is 59.8. The lowest BCUT2D eigenvalue weighted by Crippen LogP contribution is -2.03. The van der Waals surface area contributed by atoms with Crippen LogP contribution < -0.4 is 0 Å². The zero-order valence-electron chi connectivity index (χ0n) is 28.5. The van der Waals surface area contributed by atoms with Gasteiger partial charge in [0, 0.05) is 27.5 Å². The Morgan fingerprint density at radius 1 is 0.353 bits per heavy atom. The molecular formula is C47H34N4. The predicted molar refractivity (Wildman–Crippen MR) is 211 cm³/mol. The largest absolute Gasteiger partial charge is 0.309 e. The molecule has 0 aliphatic rings. The van der Waals surface area contributed by atoms with Crippen molar-refractivity contribution >= 4 is 21.8 Å². The molecule has 7 aromatic carbocycles. The minimum atomic E-state index is 0.626. The van der Waals surface area contributed by atoms with Gasteiger partial charge in [0.2, 0.25) is 0 Å². The molecule has 0 N–H and O–H groups in total. The van der Waals surface area contributed by atoms with Gasteiger partial charge in [-0.1, -0.05) is 145 Å². The number of benzene rings is 7. The molecule has 9 rings (SSSR count). The first-order chi connectivity index (χ1) is 25.1. The smallest absolute Gasteiger partial charge is 0.166 e. The zero-order valence-corrected chi connectivity index (χ0v) is 28.5.